The first kappa shape index (κ1) is 21.3. The van der Waals surface area contributed by atoms with Gasteiger partial charge in [-0.3, -0.25) is 0 Å². The van der Waals surface area contributed by atoms with Gasteiger partial charge in [-0.2, -0.15) is 0 Å². The normalized spacial score (nSPS) is 13.8. The van der Waals surface area contributed by atoms with Gasteiger partial charge in [0.05, 0.1) is 0 Å². The van der Waals surface area contributed by atoms with Crippen LogP contribution in [0.25, 0.3) is 0 Å². The predicted molar refractivity (Wildman–Crippen MR) is 96.4 cm³/mol. The van der Waals surface area contributed by atoms with Crippen LogP contribution in [0.15, 0.2) is 12.3 Å². The molecule has 0 aliphatic rings. The molecule has 0 aromatic heterocycles. The van der Waals surface area contributed by atoms with E-state index in [0.717, 1.165) is 3.93 Å². The summed E-state index contributed by atoms with van der Waals surface area (Å²) < 4.78 is 15.8. The van der Waals surface area contributed by atoms with Crippen LogP contribution in [0.2, 0.25) is 17.2 Å². The van der Waals surface area contributed by atoms with Crippen molar-refractivity contribution in [3.05, 3.63) is 12.3 Å². The number of allylic oxidation sites excluding steroid dienone is 1. The van der Waals surface area contributed by atoms with Crippen molar-refractivity contribution in [2.75, 3.05) is 13.9 Å². The molecule has 0 N–H and O–H groups in total. The van der Waals surface area contributed by atoms with Gasteiger partial charge in [0.15, 0.2) is 0 Å². The van der Waals surface area contributed by atoms with Crippen LogP contribution in [-0.2, 0) is 9.47 Å². The average Bonchev–Trinajstić information content (AvgIpc) is 2.51. The molecule has 0 heterocycles. The molecule has 0 saturated heterocycles. The standard InChI is InChI=1S/C6H11O2.3C4H9.Sn/c1-3-4-5-8-6-7-2;3*1-3-4-2;/h3-5H,6H2,1-2H3;3*1,3-4H2,2H3;/b5-4-;;;;. The van der Waals surface area contributed by atoms with Crippen LogP contribution in [0.3, 0.4) is 0 Å². The number of methoxy groups -OCH3 is 1. The molecule has 0 unspecified atom stereocenters. The second kappa shape index (κ2) is 13.9. The zero-order valence-electron chi connectivity index (χ0n) is 15.1. The van der Waals surface area contributed by atoms with E-state index in [2.05, 4.69) is 33.8 Å². The summed E-state index contributed by atoms with van der Waals surface area (Å²) in [6.45, 7) is 9.82. The summed E-state index contributed by atoms with van der Waals surface area (Å²) in [4.78, 5) is 0. The Labute approximate surface area is 137 Å². The van der Waals surface area contributed by atoms with E-state index in [1.165, 1.54) is 38.5 Å². The first-order valence-corrected chi connectivity index (χ1v) is 16.6. The van der Waals surface area contributed by atoms with Gasteiger partial charge in [-0.25, -0.2) is 0 Å². The molecule has 0 amide bonds. The van der Waals surface area contributed by atoms with E-state index in [1.54, 1.807) is 20.4 Å². The second-order valence-corrected chi connectivity index (χ2v) is 21.0. The van der Waals surface area contributed by atoms with Crippen molar-refractivity contribution < 1.29 is 9.47 Å². The molecule has 0 aliphatic carbocycles. The fourth-order valence-electron chi connectivity index (χ4n) is 3.13. The van der Waals surface area contributed by atoms with Crippen LogP contribution < -0.4 is 0 Å². The van der Waals surface area contributed by atoms with Crippen molar-refractivity contribution in [3.63, 3.8) is 0 Å². The van der Waals surface area contributed by atoms with E-state index in [1.807, 2.05) is 6.26 Å². The number of ether oxygens (including phenoxy) is 2. The van der Waals surface area contributed by atoms with Crippen molar-refractivity contribution in [2.45, 2.75) is 83.5 Å². The summed E-state index contributed by atoms with van der Waals surface area (Å²) in [7, 11) is 1.67. The van der Waals surface area contributed by atoms with Gasteiger partial charge in [0.1, 0.15) is 0 Å². The van der Waals surface area contributed by atoms with Crippen molar-refractivity contribution in [1.82, 2.24) is 0 Å². The Kier molecular flexibility index (Phi) is 14.1. The van der Waals surface area contributed by atoms with E-state index in [-0.39, 0.29) is 0 Å². The molecule has 0 saturated carbocycles. The summed E-state index contributed by atoms with van der Waals surface area (Å²) in [5.74, 6) is 0. The fourth-order valence-corrected chi connectivity index (χ4v) is 19.6. The van der Waals surface area contributed by atoms with Gasteiger partial charge in [-0.15, -0.1) is 0 Å². The number of hydrogen-bond donors (Lipinski definition) is 0. The number of hydrogen-bond acceptors (Lipinski definition) is 2. The zero-order valence-corrected chi connectivity index (χ0v) is 18.0. The van der Waals surface area contributed by atoms with Crippen molar-refractivity contribution >= 4 is 18.4 Å². The molecular weight excluding hydrogens is 367 g/mol. The topological polar surface area (TPSA) is 18.5 Å². The average molecular weight is 405 g/mol. The first-order chi connectivity index (χ1) is 10.2. The molecule has 21 heavy (non-hydrogen) atoms. The first-order valence-electron chi connectivity index (χ1n) is 8.94. The summed E-state index contributed by atoms with van der Waals surface area (Å²) in [5, 5.41) is 0. The summed E-state index contributed by atoms with van der Waals surface area (Å²) in [5.41, 5.74) is 0. The molecule has 0 aromatic rings. The molecule has 0 aromatic carbocycles. The van der Waals surface area contributed by atoms with Gasteiger partial charge < -0.3 is 0 Å². The summed E-state index contributed by atoms with van der Waals surface area (Å²) >= 11 is -2.09. The van der Waals surface area contributed by atoms with E-state index < -0.39 is 18.4 Å². The van der Waals surface area contributed by atoms with Gasteiger partial charge in [0.25, 0.3) is 0 Å². The molecule has 2 nitrogen and oxygen atoms in total. The third-order valence-electron chi connectivity index (χ3n) is 4.70. The Morgan fingerprint density at radius 3 is 1.76 bits per heavy atom. The molecule has 0 radical (unpaired) electrons. The van der Waals surface area contributed by atoms with E-state index >= 15 is 0 Å². The molecule has 0 fully saturated rings. The van der Waals surface area contributed by atoms with E-state index in [0.29, 0.717) is 6.79 Å². The van der Waals surface area contributed by atoms with Gasteiger partial charge in [0.2, 0.25) is 0 Å². The van der Waals surface area contributed by atoms with Crippen LogP contribution in [0.5, 0.6) is 0 Å². The SMILES string of the molecule is CCC[CH2][Sn]([CH2]CCC)([CH2]CCC)[C@@H](C)/C=C\OCOC. The summed E-state index contributed by atoms with van der Waals surface area (Å²) in [6.07, 6.45) is 12.6. The molecular formula is C18H38O2Sn. The van der Waals surface area contributed by atoms with Gasteiger partial charge in [0, 0.05) is 0 Å². The Morgan fingerprint density at radius 1 is 0.905 bits per heavy atom. The zero-order chi connectivity index (χ0) is 16.0. The van der Waals surface area contributed by atoms with Crippen LogP contribution in [0.1, 0.15) is 66.2 Å². The predicted octanol–water partition coefficient (Wildman–Crippen LogP) is 6.36. The monoisotopic (exact) mass is 406 g/mol. The minimum absolute atomic E-state index is 0.366. The van der Waals surface area contributed by atoms with Crippen LogP contribution in [-0.4, -0.2) is 32.3 Å². The van der Waals surface area contributed by atoms with Gasteiger partial charge >= 0.3 is 138 Å². The van der Waals surface area contributed by atoms with Gasteiger partial charge in [-0.1, -0.05) is 0 Å². The Hall–Kier alpha value is 0.299. The Balaban J connectivity index is 4.85. The van der Waals surface area contributed by atoms with E-state index in [4.69, 9.17) is 9.47 Å². The number of rotatable bonds is 14. The van der Waals surface area contributed by atoms with Crippen LogP contribution in [0.4, 0.5) is 0 Å². The third-order valence-corrected chi connectivity index (χ3v) is 22.3. The van der Waals surface area contributed by atoms with Crippen molar-refractivity contribution in [2.24, 2.45) is 0 Å². The summed E-state index contributed by atoms with van der Waals surface area (Å²) in [6, 6.07) is 0. The molecule has 0 spiro atoms. The van der Waals surface area contributed by atoms with E-state index in [9.17, 15) is 0 Å². The molecule has 126 valence electrons. The fraction of sp³-hybridized carbons (Fsp3) is 0.889. The molecule has 3 heteroatoms. The maximum absolute atomic E-state index is 5.39. The molecule has 0 bridgehead atoms. The second-order valence-electron chi connectivity index (χ2n) is 6.36. The van der Waals surface area contributed by atoms with Crippen molar-refractivity contribution in [3.8, 4) is 0 Å². The van der Waals surface area contributed by atoms with Crippen LogP contribution in [0, 0.1) is 0 Å². The quantitative estimate of drug-likeness (QED) is 0.145. The third kappa shape index (κ3) is 9.12. The maximum atomic E-state index is 5.39. The molecule has 0 rings (SSSR count). The van der Waals surface area contributed by atoms with Gasteiger partial charge in [-0.05, 0) is 0 Å². The molecule has 1 atom stereocenters. The van der Waals surface area contributed by atoms with Crippen molar-refractivity contribution in [1.29, 1.82) is 0 Å². The minimum atomic E-state index is -2.09. The Bertz CT molecular complexity index is 232. The van der Waals surface area contributed by atoms with Crippen LogP contribution >= 0.6 is 0 Å². The Morgan fingerprint density at radius 2 is 1.38 bits per heavy atom. The number of unbranched alkanes of at least 4 members (excludes halogenated alkanes) is 3. The molecule has 0 aliphatic heterocycles.